The van der Waals surface area contributed by atoms with Gasteiger partial charge < -0.3 is 15.3 Å². The molecule has 0 saturated carbocycles. The molecule has 1 aromatic heterocycles. The quantitative estimate of drug-likeness (QED) is 0.835. The van der Waals surface area contributed by atoms with Gasteiger partial charge in [-0.3, -0.25) is 0 Å². The third-order valence-corrected chi connectivity index (χ3v) is 3.87. The average molecular weight is 278 g/mol. The van der Waals surface area contributed by atoms with Gasteiger partial charge >= 0.3 is 0 Å². The first kappa shape index (κ1) is 15.0. The standard InChI is InChI=1S/C15H26N4O/c1-3-6-13-17-14(16-2)11-15(18-13)19-9-5-4-7-12(19)8-10-20/h11-12,20H,3-10H2,1-2H3,(H,16,17,18). The molecule has 0 bridgehead atoms. The van der Waals surface area contributed by atoms with Gasteiger partial charge in [0, 0.05) is 38.7 Å². The highest BCUT2D eigenvalue weighted by molar-refractivity contribution is 5.50. The second-order valence-electron chi connectivity index (χ2n) is 5.38. The molecule has 1 aliphatic rings. The Balaban J connectivity index is 2.26. The van der Waals surface area contributed by atoms with Gasteiger partial charge in [0.1, 0.15) is 17.5 Å². The Labute approximate surface area is 121 Å². The Bertz CT molecular complexity index is 422. The Hall–Kier alpha value is -1.36. The number of nitrogens with zero attached hydrogens (tertiary/aromatic N) is 3. The van der Waals surface area contributed by atoms with Crippen LogP contribution in [-0.2, 0) is 6.42 Å². The van der Waals surface area contributed by atoms with E-state index in [-0.39, 0.29) is 6.61 Å². The maximum absolute atomic E-state index is 9.25. The fraction of sp³-hybridized carbons (Fsp3) is 0.733. The molecule has 112 valence electrons. The highest BCUT2D eigenvalue weighted by Crippen LogP contribution is 2.26. The van der Waals surface area contributed by atoms with E-state index in [9.17, 15) is 5.11 Å². The number of aliphatic hydroxyl groups is 1. The molecule has 20 heavy (non-hydrogen) atoms. The molecule has 5 nitrogen and oxygen atoms in total. The summed E-state index contributed by atoms with van der Waals surface area (Å²) in [4.78, 5) is 11.6. The van der Waals surface area contributed by atoms with Crippen molar-refractivity contribution in [2.75, 3.05) is 30.4 Å². The van der Waals surface area contributed by atoms with Crippen LogP contribution in [0.2, 0.25) is 0 Å². The number of piperidine rings is 1. The van der Waals surface area contributed by atoms with E-state index < -0.39 is 0 Å². The molecule has 1 aliphatic heterocycles. The van der Waals surface area contributed by atoms with Gasteiger partial charge in [0.25, 0.3) is 0 Å². The molecular weight excluding hydrogens is 252 g/mol. The largest absolute Gasteiger partial charge is 0.396 e. The summed E-state index contributed by atoms with van der Waals surface area (Å²) < 4.78 is 0. The summed E-state index contributed by atoms with van der Waals surface area (Å²) in [5, 5.41) is 12.4. The molecular formula is C15H26N4O. The summed E-state index contributed by atoms with van der Waals surface area (Å²) in [6.07, 6.45) is 6.36. The Kier molecular flexibility index (Phi) is 5.59. The van der Waals surface area contributed by atoms with Crippen LogP contribution >= 0.6 is 0 Å². The van der Waals surface area contributed by atoms with Crippen molar-refractivity contribution in [1.29, 1.82) is 0 Å². The van der Waals surface area contributed by atoms with Gasteiger partial charge in [-0.05, 0) is 32.1 Å². The third-order valence-electron chi connectivity index (χ3n) is 3.87. The predicted octanol–water partition coefficient (Wildman–Crippen LogP) is 2.21. The lowest BCUT2D eigenvalue weighted by atomic mass is 9.99. The molecule has 0 amide bonds. The lowest BCUT2D eigenvalue weighted by Gasteiger charge is -2.36. The Morgan fingerprint density at radius 2 is 2.25 bits per heavy atom. The molecule has 1 unspecified atom stereocenters. The molecule has 0 radical (unpaired) electrons. The zero-order valence-electron chi connectivity index (χ0n) is 12.6. The summed E-state index contributed by atoms with van der Waals surface area (Å²) in [5.41, 5.74) is 0. The minimum Gasteiger partial charge on any atom is -0.396 e. The average Bonchev–Trinajstić information content (AvgIpc) is 2.48. The van der Waals surface area contributed by atoms with Crippen LogP contribution in [0.25, 0.3) is 0 Å². The molecule has 0 aliphatic carbocycles. The maximum Gasteiger partial charge on any atom is 0.134 e. The van der Waals surface area contributed by atoms with Crippen molar-refractivity contribution in [2.45, 2.75) is 51.5 Å². The van der Waals surface area contributed by atoms with Crippen molar-refractivity contribution in [1.82, 2.24) is 9.97 Å². The highest BCUT2D eigenvalue weighted by atomic mass is 16.3. The number of anilines is 2. The van der Waals surface area contributed by atoms with Crippen LogP contribution in [0.15, 0.2) is 6.07 Å². The highest BCUT2D eigenvalue weighted by Gasteiger charge is 2.23. The molecule has 1 atom stereocenters. The van der Waals surface area contributed by atoms with Crippen molar-refractivity contribution < 1.29 is 5.11 Å². The second kappa shape index (κ2) is 7.43. The molecule has 2 rings (SSSR count). The molecule has 5 heteroatoms. The maximum atomic E-state index is 9.25. The van der Waals surface area contributed by atoms with E-state index in [2.05, 4.69) is 22.1 Å². The van der Waals surface area contributed by atoms with E-state index in [1.165, 1.54) is 12.8 Å². The number of aryl methyl sites for hydroxylation is 1. The minimum atomic E-state index is 0.243. The summed E-state index contributed by atoms with van der Waals surface area (Å²) in [6, 6.07) is 2.43. The lowest BCUT2D eigenvalue weighted by Crippen LogP contribution is -2.40. The first-order chi connectivity index (χ1) is 9.78. The lowest BCUT2D eigenvalue weighted by molar-refractivity contribution is 0.262. The van der Waals surface area contributed by atoms with E-state index in [1.807, 2.05) is 13.1 Å². The van der Waals surface area contributed by atoms with E-state index in [0.29, 0.717) is 6.04 Å². The zero-order valence-corrected chi connectivity index (χ0v) is 12.6. The number of hydrogen-bond acceptors (Lipinski definition) is 5. The fourth-order valence-electron chi connectivity index (χ4n) is 2.85. The van der Waals surface area contributed by atoms with Gasteiger partial charge in [-0.2, -0.15) is 0 Å². The summed E-state index contributed by atoms with van der Waals surface area (Å²) in [7, 11) is 1.89. The molecule has 2 heterocycles. The minimum absolute atomic E-state index is 0.243. The number of aromatic nitrogens is 2. The molecule has 0 spiro atoms. The van der Waals surface area contributed by atoms with Gasteiger partial charge in [0.2, 0.25) is 0 Å². The number of rotatable bonds is 6. The van der Waals surface area contributed by atoms with Crippen LogP contribution in [0.4, 0.5) is 11.6 Å². The molecule has 1 fully saturated rings. The van der Waals surface area contributed by atoms with Crippen LogP contribution in [0, 0.1) is 0 Å². The number of nitrogens with one attached hydrogen (secondary N) is 1. The molecule has 1 saturated heterocycles. The second-order valence-corrected chi connectivity index (χ2v) is 5.38. The summed E-state index contributed by atoms with van der Waals surface area (Å²) in [5.74, 6) is 2.79. The van der Waals surface area contributed by atoms with E-state index in [1.54, 1.807) is 0 Å². The van der Waals surface area contributed by atoms with Crippen molar-refractivity contribution >= 4 is 11.6 Å². The van der Waals surface area contributed by atoms with Crippen molar-refractivity contribution in [3.63, 3.8) is 0 Å². The number of aliphatic hydroxyl groups excluding tert-OH is 1. The van der Waals surface area contributed by atoms with E-state index in [0.717, 1.165) is 49.7 Å². The number of hydrogen-bond donors (Lipinski definition) is 2. The van der Waals surface area contributed by atoms with Crippen LogP contribution in [-0.4, -0.2) is 41.3 Å². The summed E-state index contributed by atoms with van der Waals surface area (Å²) >= 11 is 0. The van der Waals surface area contributed by atoms with Crippen LogP contribution in [0.3, 0.4) is 0 Å². The van der Waals surface area contributed by atoms with Gasteiger partial charge in [0.15, 0.2) is 0 Å². The summed E-state index contributed by atoms with van der Waals surface area (Å²) in [6.45, 7) is 3.41. The van der Waals surface area contributed by atoms with E-state index in [4.69, 9.17) is 4.98 Å². The zero-order chi connectivity index (χ0) is 14.4. The van der Waals surface area contributed by atoms with E-state index >= 15 is 0 Å². The SMILES string of the molecule is CCCc1nc(NC)cc(N2CCCCC2CCO)n1. The molecule has 0 aromatic carbocycles. The Morgan fingerprint density at radius 3 is 2.95 bits per heavy atom. The predicted molar refractivity (Wildman–Crippen MR) is 82.3 cm³/mol. The van der Waals surface area contributed by atoms with Gasteiger partial charge in [-0.1, -0.05) is 6.92 Å². The van der Waals surface area contributed by atoms with Crippen molar-refractivity contribution in [3.05, 3.63) is 11.9 Å². The van der Waals surface area contributed by atoms with Crippen LogP contribution in [0.5, 0.6) is 0 Å². The van der Waals surface area contributed by atoms with Gasteiger partial charge in [-0.15, -0.1) is 0 Å². The first-order valence-corrected chi connectivity index (χ1v) is 7.71. The van der Waals surface area contributed by atoms with Crippen molar-refractivity contribution in [2.24, 2.45) is 0 Å². The van der Waals surface area contributed by atoms with Gasteiger partial charge in [-0.25, -0.2) is 9.97 Å². The van der Waals surface area contributed by atoms with Crippen molar-refractivity contribution in [3.8, 4) is 0 Å². The fourth-order valence-corrected chi connectivity index (χ4v) is 2.85. The smallest absolute Gasteiger partial charge is 0.134 e. The third kappa shape index (κ3) is 3.60. The van der Waals surface area contributed by atoms with Crippen LogP contribution < -0.4 is 10.2 Å². The monoisotopic (exact) mass is 278 g/mol. The first-order valence-electron chi connectivity index (χ1n) is 7.71. The van der Waals surface area contributed by atoms with Gasteiger partial charge in [0.05, 0.1) is 0 Å². The normalized spacial score (nSPS) is 19.1. The van der Waals surface area contributed by atoms with Crippen LogP contribution in [0.1, 0.15) is 44.9 Å². The Morgan fingerprint density at radius 1 is 1.40 bits per heavy atom. The molecule has 2 N–H and O–H groups in total. The topological polar surface area (TPSA) is 61.3 Å². The molecule has 1 aromatic rings.